The molecular weight excluding hydrogens is 366 g/mol. The molecule has 0 bridgehead atoms. The summed E-state index contributed by atoms with van der Waals surface area (Å²) in [6, 6.07) is 6.40. The lowest BCUT2D eigenvalue weighted by Gasteiger charge is -2.47. The first-order chi connectivity index (χ1) is 13.6. The Hall–Kier alpha value is -2.12. The van der Waals surface area contributed by atoms with Gasteiger partial charge in [0.2, 0.25) is 0 Å². The predicted molar refractivity (Wildman–Crippen MR) is 120 cm³/mol. The van der Waals surface area contributed by atoms with Crippen molar-refractivity contribution in [3.8, 4) is 0 Å². The van der Waals surface area contributed by atoms with Crippen LogP contribution in [0.5, 0.6) is 0 Å². The molecule has 1 aromatic carbocycles. The molecule has 7 heteroatoms. The molecule has 0 aromatic heterocycles. The smallest absolute Gasteiger partial charge is 0.176 e. The standard InChI is InChI=1S/C22H35N5O2/c1-21(2)12-27(13-21)16-7-8-17(19(9-16)26(5)6)18(25-23)10-24-11-20-28-14-22(3,4)15-29-20/h7-10,20H,11-15,23H2,1-6H3/b24-10?,25-18+. The van der Waals surface area contributed by atoms with Gasteiger partial charge in [0, 0.05) is 55.8 Å². The van der Waals surface area contributed by atoms with Gasteiger partial charge in [-0.2, -0.15) is 5.10 Å². The summed E-state index contributed by atoms with van der Waals surface area (Å²) in [5.74, 6) is 5.70. The van der Waals surface area contributed by atoms with Crippen molar-refractivity contribution >= 4 is 23.3 Å². The maximum absolute atomic E-state index is 5.73. The van der Waals surface area contributed by atoms with Gasteiger partial charge < -0.3 is 25.1 Å². The Morgan fingerprint density at radius 1 is 1.17 bits per heavy atom. The third-order valence-corrected chi connectivity index (χ3v) is 5.27. The van der Waals surface area contributed by atoms with Crippen molar-refractivity contribution in [1.29, 1.82) is 0 Å². The van der Waals surface area contributed by atoms with Crippen molar-refractivity contribution in [2.24, 2.45) is 26.8 Å². The zero-order valence-corrected chi connectivity index (χ0v) is 18.6. The number of aliphatic imine (C=N–C) groups is 1. The summed E-state index contributed by atoms with van der Waals surface area (Å²) in [5, 5.41) is 3.98. The third-order valence-electron chi connectivity index (χ3n) is 5.27. The van der Waals surface area contributed by atoms with E-state index < -0.39 is 0 Å². The highest BCUT2D eigenvalue weighted by molar-refractivity contribution is 6.39. The van der Waals surface area contributed by atoms with Crippen molar-refractivity contribution in [3.05, 3.63) is 23.8 Å². The number of hydrogen-bond donors (Lipinski definition) is 1. The molecule has 2 aliphatic heterocycles. The molecular formula is C22H35N5O2. The molecule has 0 saturated carbocycles. The molecule has 2 heterocycles. The molecule has 3 rings (SSSR count). The Labute approximate surface area is 174 Å². The second kappa shape index (κ2) is 8.32. The Balaban J connectivity index is 1.70. The predicted octanol–water partition coefficient (Wildman–Crippen LogP) is 2.73. The van der Waals surface area contributed by atoms with Gasteiger partial charge in [0.15, 0.2) is 6.29 Å². The molecule has 160 valence electrons. The first-order valence-electron chi connectivity index (χ1n) is 10.2. The number of nitrogens with two attached hydrogens (primary N) is 1. The van der Waals surface area contributed by atoms with Crippen LogP contribution in [0, 0.1) is 10.8 Å². The first kappa shape index (κ1) is 21.6. The highest BCUT2D eigenvalue weighted by atomic mass is 16.7. The lowest BCUT2D eigenvalue weighted by atomic mass is 9.84. The van der Waals surface area contributed by atoms with Crippen molar-refractivity contribution in [3.63, 3.8) is 0 Å². The first-order valence-corrected chi connectivity index (χ1v) is 10.2. The van der Waals surface area contributed by atoms with E-state index in [1.54, 1.807) is 6.21 Å². The van der Waals surface area contributed by atoms with Gasteiger partial charge >= 0.3 is 0 Å². The molecule has 2 aliphatic rings. The van der Waals surface area contributed by atoms with E-state index in [-0.39, 0.29) is 11.7 Å². The second-order valence-electron chi connectivity index (χ2n) is 9.84. The average Bonchev–Trinajstić information content (AvgIpc) is 2.64. The van der Waals surface area contributed by atoms with Crippen LogP contribution in [-0.4, -0.2) is 65.2 Å². The molecule has 0 atom stereocenters. The molecule has 2 fully saturated rings. The van der Waals surface area contributed by atoms with Gasteiger partial charge in [-0.3, -0.25) is 4.99 Å². The Morgan fingerprint density at radius 2 is 1.83 bits per heavy atom. The van der Waals surface area contributed by atoms with Gasteiger partial charge in [-0.25, -0.2) is 0 Å². The quantitative estimate of drug-likeness (QED) is 0.451. The van der Waals surface area contributed by atoms with Gasteiger partial charge in [-0.15, -0.1) is 0 Å². The van der Waals surface area contributed by atoms with Crippen LogP contribution in [0.15, 0.2) is 28.3 Å². The van der Waals surface area contributed by atoms with E-state index in [1.807, 2.05) is 14.1 Å². The molecule has 29 heavy (non-hydrogen) atoms. The maximum atomic E-state index is 5.73. The van der Waals surface area contributed by atoms with Gasteiger partial charge in [0.1, 0.15) is 5.71 Å². The highest BCUT2D eigenvalue weighted by Gasteiger charge is 2.34. The number of ether oxygens (including phenoxy) is 2. The van der Waals surface area contributed by atoms with E-state index in [2.05, 4.69) is 65.8 Å². The largest absolute Gasteiger partial charge is 0.377 e. The molecule has 0 radical (unpaired) electrons. The minimum Gasteiger partial charge on any atom is -0.377 e. The monoisotopic (exact) mass is 401 g/mol. The number of hydrazone groups is 1. The van der Waals surface area contributed by atoms with Crippen LogP contribution in [0.25, 0.3) is 0 Å². The van der Waals surface area contributed by atoms with Crippen LogP contribution in [0.2, 0.25) is 0 Å². The minimum absolute atomic E-state index is 0.0537. The molecule has 0 spiro atoms. The van der Waals surface area contributed by atoms with E-state index in [4.69, 9.17) is 15.3 Å². The van der Waals surface area contributed by atoms with E-state index >= 15 is 0 Å². The Bertz CT molecular complexity index is 767. The van der Waals surface area contributed by atoms with Crippen LogP contribution in [0.1, 0.15) is 33.3 Å². The Morgan fingerprint density at radius 3 is 2.38 bits per heavy atom. The van der Waals surface area contributed by atoms with Crippen LogP contribution >= 0.6 is 0 Å². The van der Waals surface area contributed by atoms with Crippen molar-refractivity contribution in [2.45, 2.75) is 34.0 Å². The van der Waals surface area contributed by atoms with Gasteiger partial charge in [0.05, 0.1) is 19.8 Å². The third kappa shape index (κ3) is 5.28. The fraction of sp³-hybridized carbons (Fsp3) is 0.636. The van der Waals surface area contributed by atoms with Crippen LogP contribution in [-0.2, 0) is 9.47 Å². The molecule has 2 saturated heterocycles. The summed E-state index contributed by atoms with van der Waals surface area (Å²) in [5.41, 5.74) is 4.31. The lowest BCUT2D eigenvalue weighted by Crippen LogP contribution is -2.53. The van der Waals surface area contributed by atoms with E-state index in [0.29, 0.717) is 30.9 Å². The van der Waals surface area contributed by atoms with E-state index in [0.717, 1.165) is 24.3 Å². The summed E-state index contributed by atoms with van der Waals surface area (Å²) in [6.07, 6.45) is 1.39. The van der Waals surface area contributed by atoms with Crippen LogP contribution < -0.4 is 15.6 Å². The number of hydrogen-bond acceptors (Lipinski definition) is 7. The van der Waals surface area contributed by atoms with E-state index in [1.165, 1.54) is 5.69 Å². The molecule has 7 nitrogen and oxygen atoms in total. The van der Waals surface area contributed by atoms with Crippen LogP contribution in [0.3, 0.4) is 0 Å². The molecule has 0 aliphatic carbocycles. The number of rotatable bonds is 6. The van der Waals surface area contributed by atoms with Crippen LogP contribution in [0.4, 0.5) is 11.4 Å². The maximum Gasteiger partial charge on any atom is 0.176 e. The SMILES string of the molecule is CN(C)c1cc(N2CC(C)(C)C2)ccc1/C(C=NCC1OCC(C)(C)CO1)=N/N. The van der Waals surface area contributed by atoms with Crippen molar-refractivity contribution < 1.29 is 9.47 Å². The number of anilines is 2. The molecule has 2 N–H and O–H groups in total. The van der Waals surface area contributed by atoms with Gasteiger partial charge in [0.25, 0.3) is 0 Å². The molecule has 0 unspecified atom stereocenters. The second-order valence-corrected chi connectivity index (χ2v) is 9.84. The molecule has 1 aromatic rings. The summed E-state index contributed by atoms with van der Waals surface area (Å²) in [7, 11) is 4.05. The summed E-state index contributed by atoms with van der Waals surface area (Å²) < 4.78 is 11.5. The highest BCUT2D eigenvalue weighted by Crippen LogP contribution is 2.35. The zero-order valence-electron chi connectivity index (χ0n) is 18.6. The lowest BCUT2D eigenvalue weighted by molar-refractivity contribution is -0.215. The van der Waals surface area contributed by atoms with Gasteiger partial charge in [-0.1, -0.05) is 27.7 Å². The fourth-order valence-electron chi connectivity index (χ4n) is 3.70. The molecule has 0 amide bonds. The minimum atomic E-state index is -0.316. The zero-order chi connectivity index (χ0) is 21.2. The van der Waals surface area contributed by atoms with Gasteiger partial charge in [-0.05, 0) is 23.6 Å². The summed E-state index contributed by atoms with van der Waals surface area (Å²) >= 11 is 0. The van der Waals surface area contributed by atoms with E-state index in [9.17, 15) is 0 Å². The summed E-state index contributed by atoms with van der Waals surface area (Å²) in [4.78, 5) is 8.95. The van der Waals surface area contributed by atoms with Crippen molar-refractivity contribution in [2.75, 3.05) is 56.7 Å². The Kier molecular flexibility index (Phi) is 6.19. The van der Waals surface area contributed by atoms with Crippen molar-refractivity contribution in [1.82, 2.24) is 0 Å². The topological polar surface area (TPSA) is 75.7 Å². The summed E-state index contributed by atoms with van der Waals surface area (Å²) in [6.45, 7) is 12.7. The number of nitrogens with zero attached hydrogens (tertiary/aromatic N) is 4. The number of benzene rings is 1. The average molecular weight is 402 g/mol. The normalized spacial score (nSPS) is 22.0. The fourth-order valence-corrected chi connectivity index (χ4v) is 3.70.